The molecule has 1 heterocycles. The minimum atomic E-state index is 0. The molecule has 0 aliphatic rings. The Kier molecular flexibility index (Phi) is 6.38. The third-order valence-electron chi connectivity index (χ3n) is 3.31. The van der Waals surface area contributed by atoms with Crippen molar-refractivity contribution in [1.29, 1.82) is 0 Å². The van der Waals surface area contributed by atoms with Gasteiger partial charge in [0, 0.05) is 42.5 Å². The van der Waals surface area contributed by atoms with Gasteiger partial charge in [0.15, 0.2) is 0 Å². The van der Waals surface area contributed by atoms with E-state index >= 15 is 0 Å². The van der Waals surface area contributed by atoms with Crippen LogP contribution in [-0.2, 0) is 6.54 Å². The molecule has 0 unspecified atom stereocenters. The molecule has 0 spiro atoms. The molecule has 1 nitrogen and oxygen atoms in total. The molecule has 0 saturated heterocycles. The van der Waals surface area contributed by atoms with Gasteiger partial charge in [-0.3, -0.25) is 0 Å². The minimum absolute atomic E-state index is 0. The molecule has 0 amide bonds. The molecule has 3 aromatic rings. The molecular formula is C17H13Cl4NS. The molecule has 0 fully saturated rings. The third kappa shape index (κ3) is 4.03. The van der Waals surface area contributed by atoms with Crippen molar-refractivity contribution in [3.8, 4) is 21.6 Å². The fourth-order valence-corrected chi connectivity index (χ4v) is 3.96. The number of hydrogen-bond acceptors (Lipinski definition) is 2. The van der Waals surface area contributed by atoms with Gasteiger partial charge in [-0.15, -0.1) is 23.7 Å². The summed E-state index contributed by atoms with van der Waals surface area (Å²) >= 11 is 20.0. The first-order valence-electron chi connectivity index (χ1n) is 6.62. The molecule has 2 N–H and O–H groups in total. The standard InChI is InChI=1S/C17H12Cl3NS.ClH/c18-11-3-1-10(2-4-11)17-15(8-13(9-21)22-17)14-6-5-12(19)7-16(14)20;/h1-8H,9,21H2;1H. The quantitative estimate of drug-likeness (QED) is 0.503. The first-order chi connectivity index (χ1) is 10.6. The van der Waals surface area contributed by atoms with E-state index in [1.807, 2.05) is 36.4 Å². The average molecular weight is 405 g/mol. The van der Waals surface area contributed by atoms with Crippen LogP contribution in [0.1, 0.15) is 4.88 Å². The van der Waals surface area contributed by atoms with Crippen LogP contribution in [0.4, 0.5) is 0 Å². The summed E-state index contributed by atoms with van der Waals surface area (Å²) in [5.74, 6) is 0. The van der Waals surface area contributed by atoms with E-state index in [0.717, 1.165) is 26.4 Å². The average Bonchev–Trinajstić information content (AvgIpc) is 2.92. The van der Waals surface area contributed by atoms with E-state index in [2.05, 4.69) is 6.07 Å². The summed E-state index contributed by atoms with van der Waals surface area (Å²) in [5, 5.41) is 1.96. The number of hydrogen-bond donors (Lipinski definition) is 1. The summed E-state index contributed by atoms with van der Waals surface area (Å²) in [7, 11) is 0. The van der Waals surface area contributed by atoms with Crippen molar-refractivity contribution >= 4 is 58.5 Å². The van der Waals surface area contributed by atoms with Crippen LogP contribution in [-0.4, -0.2) is 0 Å². The van der Waals surface area contributed by atoms with Gasteiger partial charge >= 0.3 is 0 Å². The topological polar surface area (TPSA) is 26.0 Å². The predicted octanol–water partition coefficient (Wildman–Crippen LogP) is 6.92. The molecule has 0 bridgehead atoms. The van der Waals surface area contributed by atoms with Gasteiger partial charge in [-0.05, 0) is 35.9 Å². The van der Waals surface area contributed by atoms with Crippen LogP contribution in [0.3, 0.4) is 0 Å². The van der Waals surface area contributed by atoms with Crippen LogP contribution in [0, 0.1) is 0 Å². The number of benzene rings is 2. The van der Waals surface area contributed by atoms with Crippen LogP contribution in [0.15, 0.2) is 48.5 Å². The maximum absolute atomic E-state index is 6.37. The van der Waals surface area contributed by atoms with Gasteiger partial charge < -0.3 is 5.73 Å². The first-order valence-corrected chi connectivity index (χ1v) is 8.57. The number of thiophene rings is 1. The second-order valence-electron chi connectivity index (χ2n) is 4.79. The largest absolute Gasteiger partial charge is 0.326 e. The van der Waals surface area contributed by atoms with Crippen LogP contribution < -0.4 is 5.73 Å². The van der Waals surface area contributed by atoms with Crippen molar-refractivity contribution in [2.75, 3.05) is 0 Å². The van der Waals surface area contributed by atoms with Gasteiger partial charge in [-0.2, -0.15) is 0 Å². The van der Waals surface area contributed by atoms with Crippen molar-refractivity contribution in [3.05, 3.63) is 68.5 Å². The Hall–Kier alpha value is -0.740. The summed E-state index contributed by atoms with van der Waals surface area (Å²) < 4.78 is 0. The van der Waals surface area contributed by atoms with Crippen molar-refractivity contribution in [3.63, 3.8) is 0 Å². The Bertz CT molecular complexity index is 812. The molecule has 0 atom stereocenters. The SMILES string of the molecule is Cl.NCc1cc(-c2ccc(Cl)cc2Cl)c(-c2ccc(Cl)cc2)s1. The molecule has 2 aromatic carbocycles. The summed E-state index contributed by atoms with van der Waals surface area (Å²) in [6, 6.07) is 15.4. The minimum Gasteiger partial charge on any atom is -0.326 e. The van der Waals surface area contributed by atoms with E-state index in [1.165, 1.54) is 0 Å². The summed E-state index contributed by atoms with van der Waals surface area (Å²) in [6.07, 6.45) is 0. The maximum Gasteiger partial charge on any atom is 0.0499 e. The highest BCUT2D eigenvalue weighted by molar-refractivity contribution is 7.16. The fourth-order valence-electron chi connectivity index (χ4n) is 2.27. The molecule has 0 aliphatic heterocycles. The van der Waals surface area contributed by atoms with E-state index in [-0.39, 0.29) is 12.4 Å². The van der Waals surface area contributed by atoms with Crippen LogP contribution in [0.2, 0.25) is 15.1 Å². The Morgan fingerprint density at radius 2 is 1.48 bits per heavy atom. The first kappa shape index (κ1) is 18.6. The molecule has 0 aliphatic carbocycles. The van der Waals surface area contributed by atoms with Crippen LogP contribution >= 0.6 is 58.5 Å². The normalized spacial score (nSPS) is 10.4. The van der Waals surface area contributed by atoms with E-state index < -0.39 is 0 Å². The van der Waals surface area contributed by atoms with Crippen molar-refractivity contribution < 1.29 is 0 Å². The Labute approximate surface area is 160 Å². The predicted molar refractivity (Wildman–Crippen MR) is 105 cm³/mol. The molecule has 120 valence electrons. The zero-order valence-corrected chi connectivity index (χ0v) is 15.8. The fraction of sp³-hybridized carbons (Fsp3) is 0.0588. The monoisotopic (exact) mass is 403 g/mol. The highest BCUT2D eigenvalue weighted by Gasteiger charge is 2.15. The lowest BCUT2D eigenvalue weighted by Crippen LogP contribution is -1.91. The third-order valence-corrected chi connectivity index (χ3v) is 5.32. The number of rotatable bonds is 3. The second kappa shape index (κ2) is 7.89. The van der Waals surface area contributed by atoms with Crippen molar-refractivity contribution in [1.82, 2.24) is 0 Å². The number of nitrogens with two attached hydrogens (primary N) is 1. The second-order valence-corrected chi connectivity index (χ2v) is 7.21. The van der Waals surface area contributed by atoms with Gasteiger partial charge in [0.25, 0.3) is 0 Å². The highest BCUT2D eigenvalue weighted by Crippen LogP contribution is 2.42. The molecule has 0 saturated carbocycles. The lowest BCUT2D eigenvalue weighted by atomic mass is 10.0. The summed E-state index contributed by atoms with van der Waals surface area (Å²) in [5.41, 5.74) is 8.92. The van der Waals surface area contributed by atoms with Crippen molar-refractivity contribution in [2.24, 2.45) is 5.73 Å². The molecule has 3 rings (SSSR count). The molecule has 1 aromatic heterocycles. The van der Waals surface area contributed by atoms with Crippen LogP contribution in [0.25, 0.3) is 21.6 Å². The van der Waals surface area contributed by atoms with E-state index in [1.54, 1.807) is 17.4 Å². The molecule has 6 heteroatoms. The zero-order chi connectivity index (χ0) is 15.7. The molecule has 23 heavy (non-hydrogen) atoms. The van der Waals surface area contributed by atoms with E-state index in [0.29, 0.717) is 21.6 Å². The Morgan fingerprint density at radius 1 is 0.826 bits per heavy atom. The highest BCUT2D eigenvalue weighted by atomic mass is 35.5. The van der Waals surface area contributed by atoms with Gasteiger partial charge in [0.2, 0.25) is 0 Å². The Morgan fingerprint density at radius 3 is 2.09 bits per heavy atom. The summed E-state index contributed by atoms with van der Waals surface area (Å²) in [6.45, 7) is 0.496. The smallest absolute Gasteiger partial charge is 0.0499 e. The van der Waals surface area contributed by atoms with Gasteiger partial charge in [0.05, 0.1) is 0 Å². The van der Waals surface area contributed by atoms with Crippen molar-refractivity contribution in [2.45, 2.75) is 6.54 Å². The lowest BCUT2D eigenvalue weighted by Gasteiger charge is -2.07. The lowest BCUT2D eigenvalue weighted by molar-refractivity contribution is 1.11. The maximum atomic E-state index is 6.37. The van der Waals surface area contributed by atoms with E-state index in [9.17, 15) is 0 Å². The van der Waals surface area contributed by atoms with Crippen LogP contribution in [0.5, 0.6) is 0 Å². The summed E-state index contributed by atoms with van der Waals surface area (Å²) in [4.78, 5) is 2.23. The van der Waals surface area contributed by atoms with Gasteiger partial charge in [0.1, 0.15) is 0 Å². The van der Waals surface area contributed by atoms with E-state index in [4.69, 9.17) is 40.5 Å². The van der Waals surface area contributed by atoms with Gasteiger partial charge in [-0.25, -0.2) is 0 Å². The Balaban J connectivity index is 0.00000192. The number of halogens is 4. The van der Waals surface area contributed by atoms with Gasteiger partial charge in [-0.1, -0.05) is 53.0 Å². The zero-order valence-electron chi connectivity index (χ0n) is 11.9. The molecular weight excluding hydrogens is 392 g/mol. The molecule has 0 radical (unpaired) electrons.